The highest BCUT2D eigenvalue weighted by molar-refractivity contribution is 7.92. The van der Waals surface area contributed by atoms with Crippen molar-refractivity contribution in [3.8, 4) is 11.5 Å². The maximum Gasteiger partial charge on any atom is 0.295 e. The van der Waals surface area contributed by atoms with Gasteiger partial charge in [0.15, 0.2) is 5.76 Å². The second-order valence-electron chi connectivity index (χ2n) is 4.65. The summed E-state index contributed by atoms with van der Waals surface area (Å²) in [6.07, 6.45) is 0. The molecule has 0 amide bonds. The zero-order valence-electron chi connectivity index (χ0n) is 11.8. The van der Waals surface area contributed by atoms with Gasteiger partial charge < -0.3 is 4.42 Å². The highest BCUT2D eigenvalue weighted by Crippen LogP contribution is 2.25. The van der Waals surface area contributed by atoms with E-state index in [4.69, 9.17) is 16.0 Å². The Morgan fingerprint density at radius 1 is 1.17 bits per heavy atom. The van der Waals surface area contributed by atoms with Gasteiger partial charge in [0.05, 0.1) is 5.69 Å². The van der Waals surface area contributed by atoms with E-state index in [0.717, 1.165) is 6.07 Å². The number of rotatable bonds is 4. The first-order valence-corrected chi connectivity index (χ1v) is 8.35. The molecule has 0 atom stereocenters. The molecular weight excluding hydrogens is 361 g/mol. The van der Waals surface area contributed by atoms with Crippen LogP contribution in [-0.4, -0.2) is 18.6 Å². The zero-order chi connectivity index (χ0) is 17.3. The van der Waals surface area contributed by atoms with Gasteiger partial charge in [0.2, 0.25) is 5.09 Å². The molecule has 0 bridgehead atoms. The number of nitrogens with one attached hydrogen (secondary N) is 2. The summed E-state index contributed by atoms with van der Waals surface area (Å²) in [5, 5.41) is 5.64. The minimum absolute atomic E-state index is 0.128. The van der Waals surface area contributed by atoms with Crippen LogP contribution in [-0.2, 0) is 10.0 Å². The Morgan fingerprint density at radius 2 is 1.96 bits per heavy atom. The lowest BCUT2D eigenvalue weighted by atomic mass is 10.3. The van der Waals surface area contributed by atoms with Crippen LogP contribution in [0.25, 0.3) is 11.5 Å². The number of benzene rings is 1. The molecule has 2 heterocycles. The van der Waals surface area contributed by atoms with E-state index in [1.54, 1.807) is 0 Å². The average Bonchev–Trinajstić information content (AvgIpc) is 3.02. The molecule has 10 heteroatoms. The summed E-state index contributed by atoms with van der Waals surface area (Å²) < 4.78 is 45.5. The summed E-state index contributed by atoms with van der Waals surface area (Å²) in [4.78, 5) is 11.0. The van der Waals surface area contributed by atoms with Crippen LogP contribution in [0.3, 0.4) is 0 Å². The fourth-order valence-corrected chi connectivity index (χ4v) is 3.01. The van der Waals surface area contributed by atoms with Crippen LogP contribution in [0.15, 0.2) is 56.8 Å². The van der Waals surface area contributed by atoms with Crippen molar-refractivity contribution in [1.82, 2.24) is 10.2 Å². The van der Waals surface area contributed by atoms with Gasteiger partial charge in [0.25, 0.3) is 15.6 Å². The normalized spacial score (nSPS) is 11.4. The van der Waals surface area contributed by atoms with E-state index in [2.05, 4.69) is 14.9 Å². The lowest BCUT2D eigenvalue weighted by Crippen LogP contribution is -2.13. The molecule has 3 aromatic rings. The molecule has 0 radical (unpaired) electrons. The van der Waals surface area contributed by atoms with Crippen molar-refractivity contribution in [2.45, 2.75) is 5.09 Å². The van der Waals surface area contributed by atoms with Crippen LogP contribution in [0.1, 0.15) is 0 Å². The minimum atomic E-state index is -4.14. The molecule has 2 aromatic heterocycles. The first-order chi connectivity index (χ1) is 11.3. The average molecular weight is 370 g/mol. The molecule has 0 unspecified atom stereocenters. The van der Waals surface area contributed by atoms with Crippen molar-refractivity contribution in [2.75, 3.05) is 4.72 Å². The fraction of sp³-hybridized carbons (Fsp3) is 0. The van der Waals surface area contributed by atoms with E-state index in [9.17, 15) is 17.6 Å². The van der Waals surface area contributed by atoms with E-state index >= 15 is 0 Å². The van der Waals surface area contributed by atoms with Gasteiger partial charge >= 0.3 is 0 Å². The first kappa shape index (κ1) is 16.2. The predicted octanol–water partition coefficient (Wildman–Crippen LogP) is 2.62. The van der Waals surface area contributed by atoms with Crippen LogP contribution < -0.4 is 10.3 Å². The smallest absolute Gasteiger partial charge is 0.295 e. The van der Waals surface area contributed by atoms with Gasteiger partial charge in [-0.05, 0) is 36.4 Å². The summed E-state index contributed by atoms with van der Waals surface area (Å²) in [5.41, 5.74) is -0.425. The van der Waals surface area contributed by atoms with Gasteiger partial charge in [-0.3, -0.25) is 9.52 Å². The molecule has 0 fully saturated rings. The lowest BCUT2D eigenvalue weighted by Gasteiger charge is -2.07. The summed E-state index contributed by atoms with van der Waals surface area (Å²) in [6.45, 7) is 0. The van der Waals surface area contributed by atoms with Crippen LogP contribution in [0, 0.1) is 5.82 Å². The Balaban J connectivity index is 1.90. The first-order valence-electron chi connectivity index (χ1n) is 6.49. The number of furan rings is 1. The maximum atomic E-state index is 13.7. The summed E-state index contributed by atoms with van der Waals surface area (Å²) in [6, 6.07) is 8.69. The molecule has 2 N–H and O–H groups in total. The molecule has 7 nitrogen and oxygen atoms in total. The standard InChI is InChI=1S/C14H9ClFN3O4S/c15-8-1-2-10(9(16)7-8)19-24(21,22)14-6-4-12(23-14)11-3-5-13(20)18-17-11/h1-7,19H,(H,18,20). The number of hydrogen-bond acceptors (Lipinski definition) is 5. The van der Waals surface area contributed by atoms with E-state index in [1.807, 2.05) is 0 Å². The largest absolute Gasteiger partial charge is 0.441 e. The number of hydrogen-bond donors (Lipinski definition) is 2. The quantitative estimate of drug-likeness (QED) is 0.735. The van der Waals surface area contributed by atoms with Crippen LogP contribution >= 0.6 is 11.6 Å². The highest BCUT2D eigenvalue weighted by Gasteiger charge is 2.21. The molecule has 1 aromatic carbocycles. The molecule has 24 heavy (non-hydrogen) atoms. The summed E-state index contributed by atoms with van der Waals surface area (Å²) >= 11 is 5.62. The molecule has 0 aliphatic heterocycles. The lowest BCUT2D eigenvalue weighted by molar-refractivity contribution is 0.461. The number of aromatic amines is 1. The number of H-pyrrole nitrogens is 1. The zero-order valence-corrected chi connectivity index (χ0v) is 13.4. The van der Waals surface area contributed by atoms with Crippen LogP contribution in [0.2, 0.25) is 5.02 Å². The molecule has 0 aliphatic rings. The molecule has 0 spiro atoms. The third-order valence-corrected chi connectivity index (χ3v) is 4.43. The highest BCUT2D eigenvalue weighted by atomic mass is 35.5. The van der Waals surface area contributed by atoms with Gasteiger partial charge in [-0.2, -0.15) is 13.5 Å². The number of nitrogens with zero attached hydrogens (tertiary/aromatic N) is 1. The Labute approximate surface area is 140 Å². The number of sulfonamides is 1. The topological polar surface area (TPSA) is 105 Å². The van der Waals surface area contributed by atoms with Gasteiger partial charge in [-0.25, -0.2) is 9.49 Å². The number of anilines is 1. The Hall–Kier alpha value is -2.65. The molecule has 0 saturated heterocycles. The van der Waals surface area contributed by atoms with Crippen LogP contribution in [0.5, 0.6) is 0 Å². The summed E-state index contributed by atoms with van der Waals surface area (Å²) in [5.74, 6) is -0.691. The van der Waals surface area contributed by atoms with E-state index < -0.39 is 26.5 Å². The number of aromatic nitrogens is 2. The van der Waals surface area contributed by atoms with E-state index in [0.29, 0.717) is 0 Å². The third-order valence-electron chi connectivity index (χ3n) is 2.95. The van der Waals surface area contributed by atoms with Gasteiger partial charge in [0, 0.05) is 11.1 Å². The molecule has 0 saturated carbocycles. The van der Waals surface area contributed by atoms with Crippen molar-refractivity contribution in [3.63, 3.8) is 0 Å². The minimum Gasteiger partial charge on any atom is -0.441 e. The Morgan fingerprint density at radius 3 is 2.62 bits per heavy atom. The van der Waals surface area contributed by atoms with E-state index in [-0.39, 0.29) is 22.2 Å². The molecule has 124 valence electrons. The fourth-order valence-electron chi connectivity index (χ4n) is 1.85. The maximum absolute atomic E-state index is 13.7. The van der Waals surface area contributed by atoms with Crippen molar-refractivity contribution in [3.05, 3.63) is 63.7 Å². The summed E-state index contributed by atoms with van der Waals surface area (Å²) in [7, 11) is -4.14. The monoisotopic (exact) mass is 369 g/mol. The second-order valence-corrected chi connectivity index (χ2v) is 6.70. The van der Waals surface area contributed by atoms with Crippen molar-refractivity contribution in [2.24, 2.45) is 0 Å². The van der Waals surface area contributed by atoms with Gasteiger partial charge in [-0.1, -0.05) is 11.6 Å². The van der Waals surface area contributed by atoms with Gasteiger partial charge in [0.1, 0.15) is 11.5 Å². The molecular formula is C14H9ClFN3O4S. The van der Waals surface area contributed by atoms with Crippen LogP contribution in [0.4, 0.5) is 10.1 Å². The van der Waals surface area contributed by atoms with E-state index in [1.165, 1.54) is 36.4 Å². The predicted molar refractivity (Wildman–Crippen MR) is 84.8 cm³/mol. The van der Waals surface area contributed by atoms with Crippen molar-refractivity contribution in [1.29, 1.82) is 0 Å². The Bertz CT molecular complexity index is 1040. The number of halogens is 2. The van der Waals surface area contributed by atoms with Gasteiger partial charge in [-0.15, -0.1) is 0 Å². The Kier molecular flexibility index (Phi) is 4.12. The van der Waals surface area contributed by atoms with Crippen molar-refractivity contribution >= 4 is 27.3 Å². The third kappa shape index (κ3) is 3.31. The van der Waals surface area contributed by atoms with Crippen molar-refractivity contribution < 1.29 is 17.2 Å². The molecule has 0 aliphatic carbocycles. The molecule has 3 rings (SSSR count). The SMILES string of the molecule is O=c1ccc(-c2ccc(S(=O)(=O)Nc3ccc(Cl)cc3F)o2)n[nH]1. The second kappa shape index (κ2) is 6.10.